The molecule has 0 atom stereocenters. The summed E-state index contributed by atoms with van der Waals surface area (Å²) >= 11 is 6.08. The normalized spacial score (nSPS) is 10.2. The number of methoxy groups -OCH3 is 1. The molecule has 3 aromatic rings. The summed E-state index contributed by atoms with van der Waals surface area (Å²) in [6.45, 7) is 0.321. The van der Waals surface area contributed by atoms with Crippen LogP contribution >= 0.6 is 11.6 Å². The standard InChI is InChI=1S/C19H17ClN4O2/c1-26-17-9-5-4-8-15(17)22-18-11-10-16(23-24-18)19(25)21-12-13-6-2-3-7-14(13)20/h2-11H,12H2,1H3,(H,21,25)(H,22,24). The number of rotatable bonds is 6. The average Bonchev–Trinajstić information content (AvgIpc) is 2.68. The zero-order valence-electron chi connectivity index (χ0n) is 14.1. The third-order valence-electron chi connectivity index (χ3n) is 3.66. The minimum absolute atomic E-state index is 0.225. The Morgan fingerprint density at radius 2 is 1.81 bits per heavy atom. The number of para-hydroxylation sites is 2. The number of hydrogen-bond acceptors (Lipinski definition) is 5. The van der Waals surface area contributed by atoms with Gasteiger partial charge in [0.25, 0.3) is 5.91 Å². The fourth-order valence-electron chi connectivity index (χ4n) is 2.31. The highest BCUT2D eigenvalue weighted by Crippen LogP contribution is 2.25. The Kier molecular flexibility index (Phi) is 5.66. The summed E-state index contributed by atoms with van der Waals surface area (Å²) in [7, 11) is 1.60. The Balaban J connectivity index is 1.63. The first kappa shape index (κ1) is 17.7. The van der Waals surface area contributed by atoms with Gasteiger partial charge in [-0.05, 0) is 35.9 Å². The van der Waals surface area contributed by atoms with Crippen LogP contribution in [0.25, 0.3) is 0 Å². The third-order valence-corrected chi connectivity index (χ3v) is 4.03. The SMILES string of the molecule is COc1ccccc1Nc1ccc(C(=O)NCc2ccccc2Cl)nn1. The second kappa shape index (κ2) is 8.31. The molecule has 1 heterocycles. The average molecular weight is 369 g/mol. The largest absolute Gasteiger partial charge is 0.495 e. The third kappa shape index (κ3) is 4.29. The molecule has 0 saturated heterocycles. The molecule has 1 aromatic heterocycles. The Hall–Kier alpha value is -3.12. The molecule has 0 aliphatic heterocycles. The molecular formula is C19H17ClN4O2. The van der Waals surface area contributed by atoms with Crippen LogP contribution in [0.4, 0.5) is 11.5 Å². The first-order valence-corrected chi connectivity index (χ1v) is 8.30. The summed E-state index contributed by atoms with van der Waals surface area (Å²) < 4.78 is 5.28. The Bertz CT molecular complexity index is 900. The molecule has 6 nitrogen and oxygen atoms in total. The van der Waals surface area contributed by atoms with Crippen molar-refractivity contribution in [1.82, 2.24) is 15.5 Å². The number of nitrogens with zero attached hydrogens (tertiary/aromatic N) is 2. The summed E-state index contributed by atoms with van der Waals surface area (Å²) in [6.07, 6.45) is 0. The van der Waals surface area contributed by atoms with Crippen LogP contribution in [-0.4, -0.2) is 23.2 Å². The van der Waals surface area contributed by atoms with E-state index in [0.29, 0.717) is 23.1 Å². The van der Waals surface area contributed by atoms with E-state index in [1.54, 1.807) is 25.3 Å². The van der Waals surface area contributed by atoms with Gasteiger partial charge in [0.15, 0.2) is 11.5 Å². The maximum absolute atomic E-state index is 12.2. The van der Waals surface area contributed by atoms with Crippen LogP contribution in [0.15, 0.2) is 60.7 Å². The van der Waals surface area contributed by atoms with Crippen molar-refractivity contribution in [3.05, 3.63) is 76.9 Å². The van der Waals surface area contributed by atoms with Crippen LogP contribution in [0, 0.1) is 0 Å². The molecule has 0 unspecified atom stereocenters. The Labute approximate surface area is 156 Å². The van der Waals surface area contributed by atoms with E-state index in [1.807, 2.05) is 42.5 Å². The van der Waals surface area contributed by atoms with Gasteiger partial charge in [-0.15, -0.1) is 10.2 Å². The van der Waals surface area contributed by atoms with E-state index in [9.17, 15) is 4.79 Å². The number of carbonyl (C=O) groups is 1. The van der Waals surface area contributed by atoms with Crippen molar-refractivity contribution in [3.63, 3.8) is 0 Å². The van der Waals surface area contributed by atoms with Gasteiger partial charge in [-0.1, -0.05) is 41.9 Å². The molecule has 0 aliphatic carbocycles. The molecule has 2 N–H and O–H groups in total. The quantitative estimate of drug-likeness (QED) is 0.691. The van der Waals surface area contributed by atoms with Crippen molar-refractivity contribution in [2.75, 3.05) is 12.4 Å². The zero-order valence-corrected chi connectivity index (χ0v) is 14.8. The van der Waals surface area contributed by atoms with E-state index in [2.05, 4.69) is 20.8 Å². The van der Waals surface area contributed by atoms with Gasteiger partial charge in [0.2, 0.25) is 0 Å². The molecule has 26 heavy (non-hydrogen) atoms. The number of halogens is 1. The lowest BCUT2D eigenvalue weighted by Gasteiger charge is -2.10. The van der Waals surface area contributed by atoms with Gasteiger partial charge < -0.3 is 15.4 Å². The van der Waals surface area contributed by atoms with Gasteiger partial charge in [0, 0.05) is 11.6 Å². The van der Waals surface area contributed by atoms with Gasteiger partial charge in [0.05, 0.1) is 12.8 Å². The maximum Gasteiger partial charge on any atom is 0.272 e. The smallest absolute Gasteiger partial charge is 0.272 e. The van der Waals surface area contributed by atoms with Crippen LogP contribution in [-0.2, 0) is 6.54 Å². The minimum atomic E-state index is -0.318. The van der Waals surface area contributed by atoms with E-state index in [4.69, 9.17) is 16.3 Å². The highest BCUT2D eigenvalue weighted by Gasteiger charge is 2.10. The van der Waals surface area contributed by atoms with Crippen molar-refractivity contribution in [1.29, 1.82) is 0 Å². The minimum Gasteiger partial charge on any atom is -0.495 e. The molecule has 0 fully saturated rings. The molecule has 0 spiro atoms. The number of anilines is 2. The van der Waals surface area contributed by atoms with Crippen molar-refractivity contribution in [2.24, 2.45) is 0 Å². The predicted octanol–water partition coefficient (Wildman–Crippen LogP) is 3.81. The highest BCUT2D eigenvalue weighted by atomic mass is 35.5. The predicted molar refractivity (Wildman–Crippen MR) is 101 cm³/mol. The number of carbonyl (C=O) groups excluding carboxylic acids is 1. The van der Waals surface area contributed by atoms with Crippen LogP contribution in [0.1, 0.15) is 16.1 Å². The highest BCUT2D eigenvalue weighted by molar-refractivity contribution is 6.31. The van der Waals surface area contributed by atoms with Crippen LogP contribution < -0.4 is 15.4 Å². The van der Waals surface area contributed by atoms with E-state index in [1.165, 1.54) is 0 Å². The van der Waals surface area contributed by atoms with Gasteiger partial charge in [-0.25, -0.2) is 0 Å². The number of ether oxygens (including phenoxy) is 1. The molecule has 0 aliphatic rings. The number of aromatic nitrogens is 2. The zero-order chi connectivity index (χ0) is 18.4. The number of hydrogen-bond donors (Lipinski definition) is 2. The van der Waals surface area contributed by atoms with Gasteiger partial charge >= 0.3 is 0 Å². The number of amides is 1. The van der Waals surface area contributed by atoms with Crippen molar-refractivity contribution < 1.29 is 9.53 Å². The topological polar surface area (TPSA) is 76.1 Å². The maximum atomic E-state index is 12.2. The molecule has 0 bridgehead atoms. The van der Waals surface area contributed by atoms with Crippen LogP contribution in [0.2, 0.25) is 5.02 Å². The summed E-state index contributed by atoms with van der Waals surface area (Å²) in [4.78, 5) is 12.2. The molecule has 1 amide bonds. The molecule has 2 aromatic carbocycles. The first-order chi connectivity index (χ1) is 12.7. The summed E-state index contributed by atoms with van der Waals surface area (Å²) in [5.41, 5.74) is 1.83. The lowest BCUT2D eigenvalue weighted by Crippen LogP contribution is -2.24. The second-order valence-corrected chi connectivity index (χ2v) is 5.81. The molecule has 3 rings (SSSR count). The monoisotopic (exact) mass is 368 g/mol. The van der Waals surface area contributed by atoms with E-state index in [0.717, 1.165) is 11.3 Å². The summed E-state index contributed by atoms with van der Waals surface area (Å²) in [5.74, 6) is 0.884. The van der Waals surface area contributed by atoms with Crippen molar-refractivity contribution >= 4 is 29.0 Å². The molecule has 0 saturated carbocycles. The molecule has 7 heteroatoms. The summed E-state index contributed by atoms with van der Waals surface area (Å²) in [5, 5.41) is 14.5. The second-order valence-electron chi connectivity index (χ2n) is 5.40. The van der Waals surface area contributed by atoms with E-state index >= 15 is 0 Å². The molecule has 0 radical (unpaired) electrons. The van der Waals surface area contributed by atoms with Crippen LogP contribution in [0.5, 0.6) is 5.75 Å². The Morgan fingerprint density at radius 3 is 2.54 bits per heavy atom. The van der Waals surface area contributed by atoms with Gasteiger partial charge in [-0.3, -0.25) is 4.79 Å². The van der Waals surface area contributed by atoms with Crippen molar-refractivity contribution in [3.8, 4) is 5.75 Å². The van der Waals surface area contributed by atoms with E-state index < -0.39 is 0 Å². The summed E-state index contributed by atoms with van der Waals surface area (Å²) in [6, 6.07) is 18.1. The number of benzene rings is 2. The van der Waals surface area contributed by atoms with Gasteiger partial charge in [-0.2, -0.15) is 0 Å². The molecule has 132 valence electrons. The lowest BCUT2D eigenvalue weighted by molar-refractivity contribution is 0.0945. The first-order valence-electron chi connectivity index (χ1n) is 7.93. The lowest BCUT2D eigenvalue weighted by atomic mass is 10.2. The fourth-order valence-corrected chi connectivity index (χ4v) is 2.52. The fraction of sp³-hybridized carbons (Fsp3) is 0.105. The van der Waals surface area contributed by atoms with E-state index in [-0.39, 0.29) is 11.6 Å². The Morgan fingerprint density at radius 1 is 1.04 bits per heavy atom. The van der Waals surface area contributed by atoms with Gasteiger partial charge in [0.1, 0.15) is 5.75 Å². The van der Waals surface area contributed by atoms with Crippen LogP contribution in [0.3, 0.4) is 0 Å². The van der Waals surface area contributed by atoms with Crippen molar-refractivity contribution in [2.45, 2.75) is 6.54 Å². The number of nitrogens with one attached hydrogen (secondary N) is 2. The molecular weight excluding hydrogens is 352 g/mol.